The fraction of sp³-hybridized carbons (Fsp3) is 0.455. The molecule has 0 aliphatic heterocycles. The molecule has 0 amide bonds. The van der Waals surface area contributed by atoms with Crippen molar-refractivity contribution in [2.75, 3.05) is 0 Å². The summed E-state index contributed by atoms with van der Waals surface area (Å²) in [5, 5.41) is 13.0. The second-order valence-electron chi connectivity index (χ2n) is 4.91. The molecule has 6 nitrogen and oxygen atoms in total. The van der Waals surface area contributed by atoms with Gasteiger partial charge in [-0.05, 0) is 26.8 Å². The van der Waals surface area contributed by atoms with Crippen molar-refractivity contribution in [2.45, 2.75) is 25.5 Å². The monoisotopic (exact) mass is 265 g/mol. The fourth-order valence-electron chi connectivity index (χ4n) is 1.29. The van der Waals surface area contributed by atoms with E-state index in [0.717, 1.165) is 5.39 Å². The van der Waals surface area contributed by atoms with Gasteiger partial charge in [0.15, 0.2) is 5.65 Å². The Kier molecular flexibility index (Phi) is 3.25. The van der Waals surface area contributed by atoms with Crippen molar-refractivity contribution in [1.29, 1.82) is 0 Å². The fourth-order valence-corrected chi connectivity index (χ4v) is 1.81. The maximum atomic E-state index is 11.8. The lowest BCUT2D eigenvalue weighted by atomic mass is 10.3. The van der Waals surface area contributed by atoms with Crippen molar-refractivity contribution >= 4 is 28.2 Å². The zero-order valence-electron chi connectivity index (χ0n) is 10.8. The van der Waals surface area contributed by atoms with Crippen LogP contribution in [0.15, 0.2) is 16.7 Å². The summed E-state index contributed by atoms with van der Waals surface area (Å²) in [5.74, 6) is 0. The van der Waals surface area contributed by atoms with Crippen molar-refractivity contribution in [3.05, 3.63) is 18.0 Å². The van der Waals surface area contributed by atoms with E-state index >= 15 is 0 Å². The van der Waals surface area contributed by atoms with E-state index in [2.05, 4.69) is 19.7 Å². The molecule has 2 aromatic heterocycles. The van der Waals surface area contributed by atoms with E-state index in [1.54, 1.807) is 17.9 Å². The number of rotatable bonds is 2. The third-order valence-electron chi connectivity index (χ3n) is 2.30. The van der Waals surface area contributed by atoms with Gasteiger partial charge in [-0.3, -0.25) is 0 Å². The van der Waals surface area contributed by atoms with E-state index in [9.17, 15) is 4.21 Å². The zero-order chi connectivity index (χ0) is 13.3. The Morgan fingerprint density at radius 3 is 2.78 bits per heavy atom. The lowest BCUT2D eigenvalue weighted by Gasteiger charge is -2.12. The Balaban J connectivity index is 2.27. The van der Waals surface area contributed by atoms with Gasteiger partial charge in [0.05, 0.1) is 17.2 Å². The molecule has 0 aliphatic rings. The van der Waals surface area contributed by atoms with Crippen molar-refractivity contribution in [2.24, 2.45) is 11.4 Å². The second kappa shape index (κ2) is 4.56. The molecule has 0 spiro atoms. The molecule has 0 aromatic carbocycles. The molecule has 0 N–H and O–H groups in total. The van der Waals surface area contributed by atoms with Crippen LogP contribution in [0.1, 0.15) is 26.5 Å². The number of hydrogen-bond acceptors (Lipinski definition) is 4. The predicted molar refractivity (Wildman–Crippen MR) is 71.8 cm³/mol. The molecule has 0 unspecified atom stereocenters. The van der Waals surface area contributed by atoms with Gasteiger partial charge in [0, 0.05) is 12.4 Å². The summed E-state index contributed by atoms with van der Waals surface area (Å²) >= 11 is 0. The number of fused-ring (bicyclic) bond motifs is 1. The van der Waals surface area contributed by atoms with Crippen LogP contribution in [0.2, 0.25) is 0 Å². The number of nitrogens with zero attached hydrogens (tertiary/aromatic N) is 5. The summed E-state index contributed by atoms with van der Waals surface area (Å²) < 4.78 is 17.0. The summed E-state index contributed by atoms with van der Waals surface area (Å²) in [6.07, 6.45) is 3.20. The van der Waals surface area contributed by atoms with Gasteiger partial charge in [0.25, 0.3) is 0 Å². The van der Waals surface area contributed by atoms with Crippen LogP contribution >= 0.6 is 0 Å². The Hall–Kier alpha value is -1.63. The number of hydrogen-bond donors (Lipinski definition) is 0. The molecular formula is C11H15N5OS. The van der Waals surface area contributed by atoms with Gasteiger partial charge in [-0.15, -0.1) is 10.2 Å². The molecule has 96 valence electrons. The Labute approximate surface area is 108 Å². The third kappa shape index (κ3) is 2.61. The zero-order valence-corrected chi connectivity index (χ0v) is 11.6. The van der Waals surface area contributed by atoms with Gasteiger partial charge >= 0.3 is 0 Å². The molecule has 2 rings (SSSR count). The standard InChI is InChI=1S/C11H15N5OS/c1-11(2,3)18(17)13-7-9-5-8-6-12-16(4)10(8)15-14-9/h5-7H,1-4H3/t18-/m1/s1. The van der Waals surface area contributed by atoms with Crippen LogP contribution in [-0.4, -0.2) is 35.1 Å². The van der Waals surface area contributed by atoms with Crippen molar-refractivity contribution in [1.82, 2.24) is 20.0 Å². The first-order valence-electron chi connectivity index (χ1n) is 5.49. The molecule has 18 heavy (non-hydrogen) atoms. The summed E-state index contributed by atoms with van der Waals surface area (Å²) in [4.78, 5) is 0. The van der Waals surface area contributed by atoms with Crippen LogP contribution in [0.4, 0.5) is 0 Å². The van der Waals surface area contributed by atoms with E-state index < -0.39 is 11.0 Å². The maximum Gasteiger partial charge on any atom is 0.180 e. The minimum atomic E-state index is -1.29. The van der Waals surface area contributed by atoms with Crippen LogP contribution < -0.4 is 0 Å². The average molecular weight is 265 g/mol. The molecule has 0 fully saturated rings. The minimum Gasteiger partial charge on any atom is -0.249 e. The normalized spacial score (nSPS) is 14.4. The molecule has 7 heteroatoms. The van der Waals surface area contributed by atoms with Gasteiger partial charge in [0.1, 0.15) is 16.7 Å². The van der Waals surface area contributed by atoms with Crippen molar-refractivity contribution < 1.29 is 4.21 Å². The molecule has 0 aliphatic carbocycles. The first-order chi connectivity index (χ1) is 8.38. The Bertz CT molecular complexity index is 626. The molecular weight excluding hydrogens is 250 g/mol. The molecule has 0 bridgehead atoms. The molecule has 0 saturated carbocycles. The SMILES string of the molecule is Cn1ncc2cc(C=N[S@](=O)C(C)(C)C)nnc21. The van der Waals surface area contributed by atoms with Gasteiger partial charge < -0.3 is 0 Å². The Morgan fingerprint density at radius 1 is 1.39 bits per heavy atom. The highest BCUT2D eigenvalue weighted by Gasteiger charge is 2.18. The summed E-state index contributed by atoms with van der Waals surface area (Å²) in [5.41, 5.74) is 1.29. The van der Waals surface area contributed by atoms with E-state index in [0.29, 0.717) is 11.3 Å². The van der Waals surface area contributed by atoms with Gasteiger partial charge in [-0.1, -0.05) is 0 Å². The first-order valence-corrected chi connectivity index (χ1v) is 6.60. The van der Waals surface area contributed by atoms with Crippen molar-refractivity contribution in [3.63, 3.8) is 0 Å². The highest BCUT2D eigenvalue weighted by Crippen LogP contribution is 2.13. The maximum absolute atomic E-state index is 11.8. The molecule has 2 heterocycles. The quantitative estimate of drug-likeness (QED) is 0.766. The smallest absolute Gasteiger partial charge is 0.180 e. The molecule has 2 aromatic rings. The van der Waals surface area contributed by atoms with Crippen LogP contribution in [0.5, 0.6) is 0 Å². The summed E-state index contributed by atoms with van der Waals surface area (Å²) in [7, 11) is 0.520. The number of aryl methyl sites for hydroxylation is 1. The van der Waals surface area contributed by atoms with Crippen LogP contribution in [0.3, 0.4) is 0 Å². The Morgan fingerprint density at radius 2 is 2.11 bits per heavy atom. The minimum absolute atomic E-state index is 0.373. The highest BCUT2D eigenvalue weighted by molar-refractivity contribution is 7.85. The molecule has 0 radical (unpaired) electrons. The van der Waals surface area contributed by atoms with E-state index in [1.165, 1.54) is 6.21 Å². The molecule has 0 saturated heterocycles. The average Bonchev–Trinajstić information content (AvgIpc) is 2.66. The van der Waals surface area contributed by atoms with Gasteiger partial charge in [-0.25, -0.2) is 8.89 Å². The summed E-state index contributed by atoms with van der Waals surface area (Å²) in [6, 6.07) is 1.82. The first kappa shape index (κ1) is 12.8. The van der Waals surface area contributed by atoms with E-state index in [4.69, 9.17) is 0 Å². The lowest BCUT2D eigenvalue weighted by molar-refractivity contribution is 0.651. The lowest BCUT2D eigenvalue weighted by Crippen LogP contribution is -2.19. The summed E-state index contributed by atoms with van der Waals surface area (Å²) in [6.45, 7) is 5.61. The van der Waals surface area contributed by atoms with E-state index in [-0.39, 0.29) is 4.75 Å². The van der Waals surface area contributed by atoms with Gasteiger partial charge in [-0.2, -0.15) is 9.50 Å². The van der Waals surface area contributed by atoms with Crippen LogP contribution in [0, 0.1) is 0 Å². The topological polar surface area (TPSA) is 73.0 Å². The van der Waals surface area contributed by atoms with Crippen LogP contribution in [-0.2, 0) is 18.0 Å². The predicted octanol–water partition coefficient (Wildman–Crippen LogP) is 1.24. The highest BCUT2D eigenvalue weighted by atomic mass is 32.2. The van der Waals surface area contributed by atoms with Crippen LogP contribution in [0.25, 0.3) is 11.0 Å². The van der Waals surface area contributed by atoms with E-state index in [1.807, 2.05) is 26.8 Å². The largest absolute Gasteiger partial charge is 0.249 e. The number of aromatic nitrogens is 4. The van der Waals surface area contributed by atoms with Gasteiger partial charge in [0.2, 0.25) is 0 Å². The third-order valence-corrected chi connectivity index (χ3v) is 3.65. The molecule has 1 atom stereocenters. The second-order valence-corrected chi connectivity index (χ2v) is 6.85. The van der Waals surface area contributed by atoms with Crippen molar-refractivity contribution in [3.8, 4) is 0 Å².